The maximum Gasteiger partial charge on any atom is 0.128 e. The largest absolute Gasteiger partial charge is 0.497 e. The minimum atomic E-state index is -0.0373. The Bertz CT molecular complexity index is 350. The molecule has 0 spiro atoms. The first kappa shape index (κ1) is 13.8. The molecular formula is C14H23NO2. The smallest absolute Gasteiger partial charge is 0.128 e. The summed E-state index contributed by atoms with van der Waals surface area (Å²) in [5.41, 5.74) is 6.96. The first-order valence-corrected chi connectivity index (χ1v) is 6.18. The van der Waals surface area contributed by atoms with Gasteiger partial charge in [0.1, 0.15) is 11.5 Å². The van der Waals surface area contributed by atoms with Crippen molar-refractivity contribution in [3.63, 3.8) is 0 Å². The van der Waals surface area contributed by atoms with E-state index in [-0.39, 0.29) is 12.1 Å². The zero-order valence-corrected chi connectivity index (χ0v) is 11.2. The van der Waals surface area contributed by atoms with Crippen LogP contribution in [0.5, 0.6) is 11.5 Å². The van der Waals surface area contributed by atoms with Gasteiger partial charge in [-0.15, -0.1) is 0 Å². The van der Waals surface area contributed by atoms with E-state index in [0.29, 0.717) is 0 Å². The zero-order chi connectivity index (χ0) is 12.8. The van der Waals surface area contributed by atoms with Crippen molar-refractivity contribution in [2.75, 3.05) is 7.11 Å². The van der Waals surface area contributed by atoms with Crippen LogP contribution in [0.1, 0.15) is 45.2 Å². The lowest BCUT2D eigenvalue weighted by molar-refractivity contribution is 0.206. The first-order chi connectivity index (χ1) is 8.08. The molecule has 0 amide bonds. The first-order valence-electron chi connectivity index (χ1n) is 6.18. The van der Waals surface area contributed by atoms with E-state index >= 15 is 0 Å². The molecule has 2 unspecified atom stereocenters. The molecule has 3 heteroatoms. The lowest BCUT2D eigenvalue weighted by atomic mass is 10.1. The van der Waals surface area contributed by atoms with Gasteiger partial charge < -0.3 is 15.2 Å². The molecule has 0 heterocycles. The van der Waals surface area contributed by atoms with Gasteiger partial charge in [-0.1, -0.05) is 19.4 Å². The van der Waals surface area contributed by atoms with Crippen LogP contribution in [0.3, 0.4) is 0 Å². The fourth-order valence-corrected chi connectivity index (χ4v) is 1.80. The maximum absolute atomic E-state index is 5.93. The highest BCUT2D eigenvalue weighted by molar-refractivity contribution is 5.42. The van der Waals surface area contributed by atoms with Crippen LogP contribution >= 0.6 is 0 Å². The van der Waals surface area contributed by atoms with E-state index in [1.54, 1.807) is 7.11 Å². The summed E-state index contributed by atoms with van der Waals surface area (Å²) < 4.78 is 11.1. The van der Waals surface area contributed by atoms with Gasteiger partial charge in [-0.05, 0) is 26.3 Å². The fraction of sp³-hybridized carbons (Fsp3) is 0.571. The van der Waals surface area contributed by atoms with E-state index in [1.165, 1.54) is 0 Å². The lowest BCUT2D eigenvalue weighted by Gasteiger charge is -2.19. The number of methoxy groups -OCH3 is 1. The van der Waals surface area contributed by atoms with Crippen LogP contribution in [0.2, 0.25) is 0 Å². The topological polar surface area (TPSA) is 44.5 Å². The van der Waals surface area contributed by atoms with Crippen LogP contribution in [0.4, 0.5) is 0 Å². The van der Waals surface area contributed by atoms with Crippen molar-refractivity contribution in [2.24, 2.45) is 5.73 Å². The van der Waals surface area contributed by atoms with Crippen molar-refractivity contribution in [3.8, 4) is 11.5 Å². The molecule has 0 saturated heterocycles. The molecule has 2 atom stereocenters. The monoisotopic (exact) mass is 237 g/mol. The lowest BCUT2D eigenvalue weighted by Crippen LogP contribution is -2.15. The van der Waals surface area contributed by atoms with Gasteiger partial charge in [-0.2, -0.15) is 0 Å². The van der Waals surface area contributed by atoms with E-state index in [4.69, 9.17) is 15.2 Å². The Labute approximate surface area is 104 Å². The van der Waals surface area contributed by atoms with Crippen LogP contribution in [0, 0.1) is 0 Å². The molecular weight excluding hydrogens is 214 g/mol. The van der Waals surface area contributed by atoms with Gasteiger partial charge in [0.2, 0.25) is 0 Å². The Morgan fingerprint density at radius 2 is 2.00 bits per heavy atom. The van der Waals surface area contributed by atoms with Gasteiger partial charge in [-0.3, -0.25) is 0 Å². The molecule has 3 nitrogen and oxygen atoms in total. The molecule has 0 saturated carbocycles. The van der Waals surface area contributed by atoms with Crippen LogP contribution in [0.25, 0.3) is 0 Å². The second-order valence-corrected chi connectivity index (χ2v) is 4.41. The Kier molecular flexibility index (Phi) is 5.29. The van der Waals surface area contributed by atoms with Crippen molar-refractivity contribution in [2.45, 2.75) is 45.8 Å². The summed E-state index contributed by atoms with van der Waals surface area (Å²) in [4.78, 5) is 0. The highest BCUT2D eigenvalue weighted by atomic mass is 16.5. The van der Waals surface area contributed by atoms with Crippen LogP contribution < -0.4 is 15.2 Å². The number of benzene rings is 1. The third-order valence-corrected chi connectivity index (χ3v) is 2.73. The van der Waals surface area contributed by atoms with Crippen molar-refractivity contribution in [1.29, 1.82) is 0 Å². The molecule has 0 aliphatic rings. The summed E-state index contributed by atoms with van der Waals surface area (Å²) in [6.45, 7) is 6.19. The van der Waals surface area contributed by atoms with Crippen molar-refractivity contribution >= 4 is 0 Å². The third-order valence-electron chi connectivity index (χ3n) is 2.73. The van der Waals surface area contributed by atoms with Crippen LogP contribution in [-0.4, -0.2) is 13.2 Å². The van der Waals surface area contributed by atoms with Gasteiger partial charge in [0, 0.05) is 17.7 Å². The van der Waals surface area contributed by atoms with E-state index in [0.717, 1.165) is 29.9 Å². The Hall–Kier alpha value is -1.22. The molecule has 96 valence electrons. The van der Waals surface area contributed by atoms with Gasteiger partial charge in [-0.25, -0.2) is 0 Å². The molecule has 0 aromatic heterocycles. The van der Waals surface area contributed by atoms with E-state index < -0.39 is 0 Å². The average molecular weight is 237 g/mol. The molecule has 0 radical (unpaired) electrons. The summed E-state index contributed by atoms with van der Waals surface area (Å²) in [6, 6.07) is 5.75. The number of nitrogens with two attached hydrogens (primary N) is 1. The molecule has 1 aromatic carbocycles. The number of hydrogen-bond acceptors (Lipinski definition) is 3. The molecule has 0 aliphatic carbocycles. The normalized spacial score (nSPS) is 14.2. The number of ether oxygens (including phenoxy) is 2. The summed E-state index contributed by atoms with van der Waals surface area (Å²) in [5.74, 6) is 1.63. The molecule has 0 bridgehead atoms. The predicted molar refractivity (Wildman–Crippen MR) is 70.6 cm³/mol. The SMILES string of the molecule is CCCC(C)Oc1cc(OC)ccc1C(C)N. The highest BCUT2D eigenvalue weighted by Crippen LogP contribution is 2.29. The fourth-order valence-electron chi connectivity index (χ4n) is 1.80. The third kappa shape index (κ3) is 3.93. The predicted octanol–water partition coefficient (Wildman–Crippen LogP) is 3.28. The average Bonchev–Trinajstić information content (AvgIpc) is 2.28. The van der Waals surface area contributed by atoms with Crippen LogP contribution in [0.15, 0.2) is 18.2 Å². The minimum Gasteiger partial charge on any atom is -0.497 e. The van der Waals surface area contributed by atoms with E-state index in [1.807, 2.05) is 25.1 Å². The Morgan fingerprint density at radius 3 is 2.53 bits per heavy atom. The second-order valence-electron chi connectivity index (χ2n) is 4.41. The summed E-state index contributed by atoms with van der Waals surface area (Å²) in [5, 5.41) is 0. The molecule has 1 aromatic rings. The molecule has 2 N–H and O–H groups in total. The van der Waals surface area contributed by atoms with Gasteiger partial charge in [0.25, 0.3) is 0 Å². The van der Waals surface area contributed by atoms with Crippen molar-refractivity contribution in [3.05, 3.63) is 23.8 Å². The van der Waals surface area contributed by atoms with Crippen molar-refractivity contribution in [1.82, 2.24) is 0 Å². The maximum atomic E-state index is 5.93. The van der Waals surface area contributed by atoms with Gasteiger partial charge in [0.05, 0.1) is 13.2 Å². The molecule has 1 rings (SSSR count). The van der Waals surface area contributed by atoms with E-state index in [9.17, 15) is 0 Å². The van der Waals surface area contributed by atoms with Crippen molar-refractivity contribution < 1.29 is 9.47 Å². The second kappa shape index (κ2) is 6.50. The Balaban J connectivity index is 2.92. The van der Waals surface area contributed by atoms with Gasteiger partial charge in [0.15, 0.2) is 0 Å². The van der Waals surface area contributed by atoms with Gasteiger partial charge >= 0.3 is 0 Å². The summed E-state index contributed by atoms with van der Waals surface area (Å²) in [6.07, 6.45) is 2.35. The molecule has 0 fully saturated rings. The quantitative estimate of drug-likeness (QED) is 0.825. The van der Waals surface area contributed by atoms with Crippen LogP contribution in [-0.2, 0) is 0 Å². The zero-order valence-electron chi connectivity index (χ0n) is 11.2. The highest BCUT2D eigenvalue weighted by Gasteiger charge is 2.12. The van der Waals surface area contributed by atoms with E-state index in [2.05, 4.69) is 13.8 Å². The Morgan fingerprint density at radius 1 is 1.29 bits per heavy atom. The molecule has 0 aliphatic heterocycles. The number of rotatable bonds is 6. The number of hydrogen-bond donors (Lipinski definition) is 1. The standard InChI is InChI=1S/C14H23NO2/c1-5-6-10(2)17-14-9-12(16-4)7-8-13(14)11(3)15/h7-11H,5-6,15H2,1-4H3. The summed E-state index contributed by atoms with van der Waals surface area (Å²) >= 11 is 0. The molecule has 17 heavy (non-hydrogen) atoms. The summed E-state index contributed by atoms with van der Waals surface area (Å²) in [7, 11) is 1.65. The minimum absolute atomic E-state index is 0.0373.